The first-order valence-electron chi connectivity index (χ1n) is 9.94. The zero-order chi connectivity index (χ0) is 22.5. The van der Waals surface area contributed by atoms with Gasteiger partial charge in [-0.1, -0.05) is 47.1 Å². The Morgan fingerprint density at radius 3 is 2.56 bits per heavy atom. The number of piperazine rings is 1. The molecule has 0 spiro atoms. The van der Waals surface area contributed by atoms with E-state index in [1.54, 1.807) is 30.3 Å². The molecule has 1 aliphatic heterocycles. The highest BCUT2D eigenvalue weighted by Crippen LogP contribution is 2.27. The fourth-order valence-corrected chi connectivity index (χ4v) is 4.38. The number of nitrogens with zero attached hydrogens (tertiary/aromatic N) is 4. The van der Waals surface area contributed by atoms with Gasteiger partial charge in [-0.2, -0.15) is 0 Å². The largest absolute Gasteiger partial charge is 0.366 e. The van der Waals surface area contributed by atoms with Crippen LogP contribution in [0.4, 0.5) is 21.6 Å². The molecule has 0 saturated carbocycles. The molecule has 166 valence electrons. The number of para-hydroxylation sites is 1. The van der Waals surface area contributed by atoms with Crippen molar-refractivity contribution in [1.29, 1.82) is 0 Å². The quantitative estimate of drug-likeness (QED) is 0.387. The van der Waals surface area contributed by atoms with Gasteiger partial charge >= 0.3 is 0 Å². The number of benzene rings is 2. The molecular formula is C22H20Cl2FN5OS. The Morgan fingerprint density at radius 1 is 1.03 bits per heavy atom. The van der Waals surface area contributed by atoms with Crippen LogP contribution in [0.25, 0.3) is 0 Å². The maximum Gasteiger partial charge on any atom is 0.234 e. The van der Waals surface area contributed by atoms with Gasteiger partial charge in [0, 0.05) is 37.3 Å². The Labute approximate surface area is 199 Å². The van der Waals surface area contributed by atoms with Gasteiger partial charge < -0.3 is 15.1 Å². The number of amides is 1. The third-order valence-corrected chi connectivity index (χ3v) is 6.47. The van der Waals surface area contributed by atoms with E-state index in [1.165, 1.54) is 24.2 Å². The summed E-state index contributed by atoms with van der Waals surface area (Å²) in [6.45, 7) is 2.80. The Morgan fingerprint density at radius 2 is 1.78 bits per heavy atom. The van der Waals surface area contributed by atoms with Crippen molar-refractivity contribution in [3.05, 3.63) is 70.7 Å². The van der Waals surface area contributed by atoms with E-state index in [1.807, 2.05) is 17.0 Å². The third kappa shape index (κ3) is 5.62. The summed E-state index contributed by atoms with van der Waals surface area (Å²) in [6.07, 6.45) is 1.49. The number of carbonyl (C=O) groups is 1. The van der Waals surface area contributed by atoms with Crippen LogP contribution in [0.2, 0.25) is 10.0 Å². The van der Waals surface area contributed by atoms with Gasteiger partial charge in [0.15, 0.2) is 0 Å². The molecular weight excluding hydrogens is 472 g/mol. The summed E-state index contributed by atoms with van der Waals surface area (Å²) in [5.41, 5.74) is 1.10. The van der Waals surface area contributed by atoms with Gasteiger partial charge in [0.2, 0.25) is 5.91 Å². The van der Waals surface area contributed by atoms with E-state index in [-0.39, 0.29) is 17.5 Å². The van der Waals surface area contributed by atoms with Gasteiger partial charge in [-0.3, -0.25) is 4.79 Å². The molecule has 3 aromatic rings. The van der Waals surface area contributed by atoms with Crippen molar-refractivity contribution in [2.24, 2.45) is 0 Å². The molecule has 6 nitrogen and oxygen atoms in total. The van der Waals surface area contributed by atoms with Crippen molar-refractivity contribution in [3.8, 4) is 0 Å². The molecule has 32 heavy (non-hydrogen) atoms. The van der Waals surface area contributed by atoms with Crippen molar-refractivity contribution in [2.45, 2.75) is 5.03 Å². The fourth-order valence-electron chi connectivity index (χ4n) is 3.39. The molecule has 1 N–H and O–H groups in total. The Hall–Kier alpha value is -2.55. The summed E-state index contributed by atoms with van der Waals surface area (Å²) in [4.78, 5) is 25.1. The Kier molecular flexibility index (Phi) is 7.34. The second-order valence-corrected chi connectivity index (χ2v) is 8.94. The molecule has 1 aromatic heterocycles. The second-order valence-electron chi connectivity index (χ2n) is 7.10. The van der Waals surface area contributed by atoms with Crippen LogP contribution in [0.1, 0.15) is 0 Å². The average molecular weight is 492 g/mol. The van der Waals surface area contributed by atoms with E-state index >= 15 is 0 Å². The standard InChI is InChI=1S/C22H20Cl2FN5OS/c23-15-5-6-16(24)18(11-15)28-21(31)13-32-22-12-20(26-14-27-22)30-9-7-29(8-10-30)19-4-2-1-3-17(19)25/h1-6,11-12,14H,7-10,13H2,(H,28,31). The van der Waals surface area contributed by atoms with E-state index in [9.17, 15) is 9.18 Å². The third-order valence-electron chi connectivity index (χ3n) is 4.98. The minimum absolute atomic E-state index is 0.167. The molecule has 2 heterocycles. The first kappa shape index (κ1) is 22.6. The van der Waals surface area contributed by atoms with E-state index in [4.69, 9.17) is 23.2 Å². The zero-order valence-electron chi connectivity index (χ0n) is 17.0. The molecule has 2 aromatic carbocycles. The lowest BCUT2D eigenvalue weighted by Gasteiger charge is -2.36. The predicted molar refractivity (Wildman–Crippen MR) is 129 cm³/mol. The van der Waals surface area contributed by atoms with Gasteiger partial charge in [-0.05, 0) is 30.3 Å². The summed E-state index contributed by atoms with van der Waals surface area (Å²) < 4.78 is 14.1. The molecule has 4 rings (SSSR count). The highest BCUT2D eigenvalue weighted by Gasteiger charge is 2.20. The summed E-state index contributed by atoms with van der Waals surface area (Å²) >= 11 is 13.4. The molecule has 0 bridgehead atoms. The average Bonchev–Trinajstić information content (AvgIpc) is 2.81. The minimum Gasteiger partial charge on any atom is -0.366 e. The molecule has 1 fully saturated rings. The van der Waals surface area contributed by atoms with Crippen LogP contribution in [0.15, 0.2) is 59.9 Å². The summed E-state index contributed by atoms with van der Waals surface area (Å²) in [7, 11) is 0. The van der Waals surface area contributed by atoms with Crippen LogP contribution in [0, 0.1) is 5.82 Å². The van der Waals surface area contributed by atoms with Crippen molar-refractivity contribution >= 4 is 58.1 Å². The van der Waals surface area contributed by atoms with Crippen molar-refractivity contribution in [1.82, 2.24) is 9.97 Å². The van der Waals surface area contributed by atoms with Gasteiger partial charge in [0.1, 0.15) is 23.0 Å². The Balaban J connectivity index is 1.32. The number of aromatic nitrogens is 2. The SMILES string of the molecule is O=C(CSc1cc(N2CCN(c3ccccc3F)CC2)ncn1)Nc1cc(Cl)ccc1Cl. The number of hydrogen-bond donors (Lipinski definition) is 1. The minimum atomic E-state index is -0.210. The fraction of sp³-hybridized carbons (Fsp3) is 0.227. The van der Waals surface area contributed by atoms with Crippen LogP contribution in [-0.2, 0) is 4.79 Å². The molecule has 10 heteroatoms. The lowest BCUT2D eigenvalue weighted by atomic mass is 10.2. The van der Waals surface area contributed by atoms with Crippen LogP contribution < -0.4 is 15.1 Å². The van der Waals surface area contributed by atoms with Gasteiger partial charge in [0.25, 0.3) is 0 Å². The molecule has 0 aliphatic carbocycles. The van der Waals surface area contributed by atoms with Gasteiger partial charge in [-0.25, -0.2) is 14.4 Å². The lowest BCUT2D eigenvalue weighted by Crippen LogP contribution is -2.47. The zero-order valence-corrected chi connectivity index (χ0v) is 19.3. The number of nitrogens with one attached hydrogen (secondary N) is 1. The van der Waals surface area contributed by atoms with Gasteiger partial charge in [0.05, 0.1) is 22.2 Å². The van der Waals surface area contributed by atoms with Crippen LogP contribution in [0.5, 0.6) is 0 Å². The number of anilines is 3. The second kappa shape index (κ2) is 10.4. The van der Waals surface area contributed by atoms with E-state index in [0.29, 0.717) is 52.6 Å². The van der Waals surface area contributed by atoms with E-state index < -0.39 is 0 Å². The number of halogens is 3. The predicted octanol–water partition coefficient (Wildman–Crippen LogP) is 4.98. The molecule has 0 radical (unpaired) electrons. The van der Waals surface area contributed by atoms with Crippen molar-refractivity contribution < 1.29 is 9.18 Å². The molecule has 1 aliphatic rings. The lowest BCUT2D eigenvalue weighted by molar-refractivity contribution is -0.113. The van der Waals surface area contributed by atoms with Crippen LogP contribution in [0.3, 0.4) is 0 Å². The van der Waals surface area contributed by atoms with Crippen molar-refractivity contribution in [3.63, 3.8) is 0 Å². The normalized spacial score (nSPS) is 13.8. The van der Waals surface area contributed by atoms with Crippen LogP contribution >= 0.6 is 35.0 Å². The first-order valence-corrected chi connectivity index (χ1v) is 11.7. The number of hydrogen-bond acceptors (Lipinski definition) is 6. The number of thioether (sulfide) groups is 1. The molecule has 1 saturated heterocycles. The highest BCUT2D eigenvalue weighted by atomic mass is 35.5. The number of rotatable bonds is 6. The van der Waals surface area contributed by atoms with E-state index in [0.717, 1.165) is 5.82 Å². The molecule has 0 atom stereocenters. The topological polar surface area (TPSA) is 61.4 Å². The smallest absolute Gasteiger partial charge is 0.234 e. The summed E-state index contributed by atoms with van der Waals surface area (Å²) in [5.74, 6) is 0.534. The van der Waals surface area contributed by atoms with Gasteiger partial charge in [-0.15, -0.1) is 0 Å². The maximum absolute atomic E-state index is 14.1. The molecule has 1 amide bonds. The van der Waals surface area contributed by atoms with Crippen LogP contribution in [-0.4, -0.2) is 47.8 Å². The van der Waals surface area contributed by atoms with E-state index in [2.05, 4.69) is 20.2 Å². The maximum atomic E-state index is 14.1. The number of carbonyl (C=O) groups excluding carboxylic acids is 1. The first-order chi connectivity index (χ1) is 15.5. The summed E-state index contributed by atoms with van der Waals surface area (Å²) in [6, 6.07) is 13.6. The molecule has 0 unspecified atom stereocenters. The van der Waals surface area contributed by atoms with Crippen molar-refractivity contribution in [2.75, 3.05) is 47.0 Å². The monoisotopic (exact) mass is 491 g/mol. The summed E-state index contributed by atoms with van der Waals surface area (Å²) in [5, 5.41) is 4.37. The highest BCUT2D eigenvalue weighted by molar-refractivity contribution is 7.99. The Bertz CT molecular complexity index is 1110.